The minimum atomic E-state index is -0.281. The second-order valence-electron chi connectivity index (χ2n) is 5.71. The van der Waals surface area contributed by atoms with Crippen LogP contribution in [0.4, 0.5) is 0 Å². The Bertz CT molecular complexity index is 646. The number of amides is 1. The van der Waals surface area contributed by atoms with Crippen molar-refractivity contribution in [1.29, 1.82) is 0 Å². The molecule has 0 bridgehead atoms. The largest absolute Gasteiger partial charge is 0.494 e. The standard InChI is InChI=1S/C20H26N2O3.ClH/c1-3-25-17-11-9-16(10-12-17)20(15-7-5-4-6-8-15)22-19(23)13-18(14-21)24-2;/h4-12,18,20H,3,13-14,21H2,1-2H3,(H,22,23);1H. The molecule has 0 aromatic heterocycles. The number of ether oxygens (including phenoxy) is 2. The van der Waals surface area contributed by atoms with E-state index < -0.39 is 0 Å². The number of nitrogens with one attached hydrogen (secondary N) is 1. The Morgan fingerprint density at radius 2 is 1.69 bits per heavy atom. The van der Waals surface area contributed by atoms with E-state index in [0.29, 0.717) is 13.2 Å². The molecule has 2 aromatic carbocycles. The Morgan fingerprint density at radius 1 is 1.08 bits per heavy atom. The Kier molecular flexibility index (Phi) is 9.73. The van der Waals surface area contributed by atoms with Gasteiger partial charge in [0, 0.05) is 13.7 Å². The quantitative estimate of drug-likeness (QED) is 0.703. The van der Waals surface area contributed by atoms with Crippen molar-refractivity contribution in [3.8, 4) is 5.75 Å². The first-order valence-electron chi connectivity index (χ1n) is 8.47. The highest BCUT2D eigenvalue weighted by Gasteiger charge is 2.19. The summed E-state index contributed by atoms with van der Waals surface area (Å²) in [6, 6.07) is 17.4. The highest BCUT2D eigenvalue weighted by atomic mass is 35.5. The number of hydrogen-bond donors (Lipinski definition) is 2. The van der Waals surface area contributed by atoms with Crippen molar-refractivity contribution in [2.75, 3.05) is 20.3 Å². The lowest BCUT2D eigenvalue weighted by molar-refractivity contribution is -0.123. The molecule has 3 N–H and O–H groups in total. The molecule has 5 nitrogen and oxygen atoms in total. The van der Waals surface area contributed by atoms with E-state index in [-0.39, 0.29) is 36.9 Å². The van der Waals surface area contributed by atoms with Gasteiger partial charge in [-0.1, -0.05) is 42.5 Å². The van der Waals surface area contributed by atoms with Crippen LogP contribution in [-0.2, 0) is 9.53 Å². The van der Waals surface area contributed by atoms with E-state index in [9.17, 15) is 4.79 Å². The van der Waals surface area contributed by atoms with Crippen LogP contribution in [0.25, 0.3) is 0 Å². The van der Waals surface area contributed by atoms with Crippen LogP contribution >= 0.6 is 12.4 Å². The van der Waals surface area contributed by atoms with E-state index in [1.165, 1.54) is 0 Å². The van der Waals surface area contributed by atoms with Crippen LogP contribution in [0.2, 0.25) is 0 Å². The lowest BCUT2D eigenvalue weighted by Crippen LogP contribution is -2.34. The molecule has 0 aliphatic heterocycles. The molecule has 0 saturated carbocycles. The molecule has 1 amide bonds. The van der Waals surface area contributed by atoms with Crippen molar-refractivity contribution in [3.05, 3.63) is 65.7 Å². The first-order chi connectivity index (χ1) is 12.2. The smallest absolute Gasteiger partial charge is 0.223 e. The lowest BCUT2D eigenvalue weighted by Gasteiger charge is -2.21. The van der Waals surface area contributed by atoms with Crippen molar-refractivity contribution in [2.45, 2.75) is 25.5 Å². The van der Waals surface area contributed by atoms with E-state index in [1.807, 2.05) is 61.5 Å². The SMILES string of the molecule is CCOc1ccc(C(NC(=O)CC(CN)OC)c2ccccc2)cc1.Cl. The van der Waals surface area contributed by atoms with Gasteiger partial charge in [-0.25, -0.2) is 0 Å². The van der Waals surface area contributed by atoms with Crippen molar-refractivity contribution in [3.63, 3.8) is 0 Å². The summed E-state index contributed by atoms with van der Waals surface area (Å²) in [6.45, 7) is 2.88. The van der Waals surface area contributed by atoms with Crippen molar-refractivity contribution in [1.82, 2.24) is 5.32 Å². The molecule has 0 heterocycles. The van der Waals surface area contributed by atoms with E-state index in [0.717, 1.165) is 16.9 Å². The third-order valence-corrected chi connectivity index (χ3v) is 3.97. The molecule has 2 atom stereocenters. The summed E-state index contributed by atoms with van der Waals surface area (Å²) in [4.78, 5) is 12.4. The molecule has 142 valence electrons. The summed E-state index contributed by atoms with van der Waals surface area (Å²) >= 11 is 0. The maximum Gasteiger partial charge on any atom is 0.223 e. The van der Waals surface area contributed by atoms with E-state index >= 15 is 0 Å². The van der Waals surface area contributed by atoms with Gasteiger partial charge in [-0.15, -0.1) is 12.4 Å². The normalized spacial score (nSPS) is 12.6. The summed E-state index contributed by atoms with van der Waals surface area (Å²) in [6.07, 6.45) is -0.0513. The van der Waals surface area contributed by atoms with Crippen LogP contribution in [-0.4, -0.2) is 32.3 Å². The Labute approximate surface area is 161 Å². The number of carbonyl (C=O) groups excluding carboxylic acids is 1. The Hall–Kier alpha value is -2.08. The Morgan fingerprint density at radius 3 is 2.23 bits per heavy atom. The number of carbonyl (C=O) groups is 1. The van der Waals surface area contributed by atoms with Gasteiger partial charge in [0.2, 0.25) is 5.91 Å². The molecular formula is C20H27ClN2O3. The zero-order valence-corrected chi connectivity index (χ0v) is 16.0. The second-order valence-corrected chi connectivity index (χ2v) is 5.71. The molecule has 2 unspecified atom stereocenters. The number of benzene rings is 2. The van der Waals surface area contributed by atoms with Gasteiger partial charge in [0.05, 0.1) is 25.2 Å². The zero-order valence-electron chi connectivity index (χ0n) is 15.2. The number of halogens is 1. The van der Waals surface area contributed by atoms with E-state index in [2.05, 4.69) is 5.32 Å². The average molecular weight is 379 g/mol. The molecule has 2 aromatic rings. The van der Waals surface area contributed by atoms with Crippen molar-refractivity contribution in [2.24, 2.45) is 5.73 Å². The molecular weight excluding hydrogens is 352 g/mol. The molecule has 2 rings (SSSR count). The minimum Gasteiger partial charge on any atom is -0.494 e. The summed E-state index contributed by atoms with van der Waals surface area (Å²) in [5.74, 6) is 0.715. The fourth-order valence-electron chi connectivity index (χ4n) is 2.62. The molecule has 6 heteroatoms. The first-order valence-corrected chi connectivity index (χ1v) is 8.47. The molecule has 26 heavy (non-hydrogen) atoms. The van der Waals surface area contributed by atoms with E-state index in [1.54, 1.807) is 7.11 Å². The number of rotatable bonds is 9. The molecule has 0 aliphatic carbocycles. The molecule has 0 radical (unpaired) electrons. The number of hydrogen-bond acceptors (Lipinski definition) is 4. The number of nitrogens with two attached hydrogens (primary N) is 1. The first kappa shape index (κ1) is 22.0. The summed E-state index contributed by atoms with van der Waals surface area (Å²) < 4.78 is 10.7. The van der Waals surface area contributed by atoms with Gasteiger partial charge >= 0.3 is 0 Å². The third kappa shape index (κ3) is 6.33. The van der Waals surface area contributed by atoms with Gasteiger partial charge in [-0.2, -0.15) is 0 Å². The van der Waals surface area contributed by atoms with Gasteiger partial charge in [0.15, 0.2) is 0 Å². The van der Waals surface area contributed by atoms with Crippen LogP contribution in [0, 0.1) is 0 Å². The maximum absolute atomic E-state index is 12.4. The van der Waals surface area contributed by atoms with Crippen LogP contribution in [0.3, 0.4) is 0 Å². The Balaban J connectivity index is 0.00000338. The van der Waals surface area contributed by atoms with Gasteiger partial charge in [0.1, 0.15) is 5.75 Å². The highest BCUT2D eigenvalue weighted by molar-refractivity contribution is 5.85. The molecule has 0 aliphatic rings. The van der Waals surface area contributed by atoms with Crippen molar-refractivity contribution >= 4 is 18.3 Å². The fourth-order valence-corrected chi connectivity index (χ4v) is 2.62. The average Bonchev–Trinajstić information content (AvgIpc) is 2.66. The summed E-state index contributed by atoms with van der Waals surface area (Å²) in [5, 5.41) is 3.08. The van der Waals surface area contributed by atoms with Crippen LogP contribution < -0.4 is 15.8 Å². The van der Waals surface area contributed by atoms with E-state index in [4.69, 9.17) is 15.2 Å². The predicted octanol–water partition coefficient (Wildman–Crippen LogP) is 3.08. The van der Waals surface area contributed by atoms with Crippen LogP contribution in [0.1, 0.15) is 30.5 Å². The summed E-state index contributed by atoms with van der Waals surface area (Å²) in [7, 11) is 1.56. The second kappa shape index (κ2) is 11.5. The minimum absolute atomic E-state index is 0. The lowest BCUT2D eigenvalue weighted by atomic mass is 9.98. The highest BCUT2D eigenvalue weighted by Crippen LogP contribution is 2.24. The third-order valence-electron chi connectivity index (χ3n) is 3.97. The fraction of sp³-hybridized carbons (Fsp3) is 0.350. The number of methoxy groups -OCH3 is 1. The zero-order chi connectivity index (χ0) is 18.1. The summed E-state index contributed by atoms with van der Waals surface area (Å²) in [5.41, 5.74) is 7.62. The van der Waals surface area contributed by atoms with Crippen LogP contribution in [0.15, 0.2) is 54.6 Å². The van der Waals surface area contributed by atoms with Gasteiger partial charge < -0.3 is 20.5 Å². The topological polar surface area (TPSA) is 73.6 Å². The predicted molar refractivity (Wildman–Crippen MR) is 106 cm³/mol. The molecule has 0 saturated heterocycles. The van der Waals surface area contributed by atoms with Crippen LogP contribution in [0.5, 0.6) is 5.75 Å². The maximum atomic E-state index is 12.4. The monoisotopic (exact) mass is 378 g/mol. The van der Waals surface area contributed by atoms with Gasteiger partial charge in [-0.3, -0.25) is 4.79 Å². The van der Waals surface area contributed by atoms with Gasteiger partial charge in [0.25, 0.3) is 0 Å². The van der Waals surface area contributed by atoms with Gasteiger partial charge in [-0.05, 0) is 30.2 Å². The molecule has 0 fully saturated rings. The molecule has 0 spiro atoms. The van der Waals surface area contributed by atoms with Crippen molar-refractivity contribution < 1.29 is 14.3 Å².